The van der Waals surface area contributed by atoms with Crippen molar-refractivity contribution in [2.45, 2.75) is 53.1 Å². The lowest BCUT2D eigenvalue weighted by molar-refractivity contribution is -0.140. The van der Waals surface area contributed by atoms with Gasteiger partial charge in [-0.2, -0.15) is 0 Å². The minimum absolute atomic E-state index is 0.147. The van der Waals surface area contributed by atoms with E-state index in [2.05, 4.69) is 5.32 Å². The van der Waals surface area contributed by atoms with Gasteiger partial charge in [0.1, 0.15) is 6.04 Å². The Balaban J connectivity index is 2.20. The summed E-state index contributed by atoms with van der Waals surface area (Å²) in [5.41, 5.74) is 1.68. The van der Waals surface area contributed by atoms with E-state index < -0.39 is 6.04 Å². The molecule has 2 aromatic carbocycles. The van der Waals surface area contributed by atoms with Crippen LogP contribution in [0.4, 0.5) is 0 Å². The largest absolute Gasteiger partial charge is 0.490 e. The van der Waals surface area contributed by atoms with Crippen LogP contribution in [0.3, 0.4) is 0 Å². The number of amides is 2. The highest BCUT2D eigenvalue weighted by molar-refractivity contribution is 6.35. The van der Waals surface area contributed by atoms with E-state index >= 15 is 0 Å². The molecule has 0 aliphatic carbocycles. The van der Waals surface area contributed by atoms with Crippen LogP contribution >= 0.6 is 23.2 Å². The normalized spacial score (nSPS) is 11.6. The van der Waals surface area contributed by atoms with E-state index in [1.54, 1.807) is 30.0 Å². The second-order valence-electron chi connectivity index (χ2n) is 7.48. The second-order valence-corrected chi connectivity index (χ2v) is 8.32. The number of nitrogens with zero attached hydrogens (tertiary/aromatic N) is 1. The summed E-state index contributed by atoms with van der Waals surface area (Å²) in [5, 5.41) is 3.75. The summed E-state index contributed by atoms with van der Waals surface area (Å²) < 4.78 is 11.3. The van der Waals surface area contributed by atoms with Gasteiger partial charge >= 0.3 is 0 Å². The topological polar surface area (TPSA) is 67.9 Å². The van der Waals surface area contributed by atoms with Crippen LogP contribution in [0, 0.1) is 0 Å². The van der Waals surface area contributed by atoms with Crippen molar-refractivity contribution in [3.05, 3.63) is 57.6 Å². The van der Waals surface area contributed by atoms with Gasteiger partial charge in [0.25, 0.3) is 0 Å². The summed E-state index contributed by atoms with van der Waals surface area (Å²) in [6, 6.07) is 10.2. The highest BCUT2D eigenvalue weighted by Gasteiger charge is 2.26. The minimum Gasteiger partial charge on any atom is -0.490 e. The lowest BCUT2D eigenvalue weighted by Gasteiger charge is -2.29. The molecule has 0 aliphatic rings. The predicted octanol–water partition coefficient (Wildman–Crippen LogP) is 5.28. The number of aryl methyl sites for hydroxylation is 1. The molecule has 0 aliphatic heterocycles. The number of carbonyl (C=O) groups is 2. The maximum absolute atomic E-state index is 13.3. The molecule has 0 bridgehead atoms. The first-order valence-corrected chi connectivity index (χ1v) is 12.0. The Bertz CT molecular complexity index is 952. The zero-order chi connectivity index (χ0) is 24.4. The van der Waals surface area contributed by atoms with Gasteiger partial charge in [-0.3, -0.25) is 9.59 Å². The monoisotopic (exact) mass is 494 g/mol. The molecule has 2 amide bonds. The molecule has 0 saturated carbocycles. The van der Waals surface area contributed by atoms with E-state index in [0.29, 0.717) is 47.7 Å². The van der Waals surface area contributed by atoms with Crippen molar-refractivity contribution < 1.29 is 19.1 Å². The molecule has 0 unspecified atom stereocenters. The zero-order valence-electron chi connectivity index (χ0n) is 19.6. The van der Waals surface area contributed by atoms with Crippen molar-refractivity contribution >= 4 is 35.0 Å². The van der Waals surface area contributed by atoms with Crippen molar-refractivity contribution in [1.29, 1.82) is 0 Å². The third kappa shape index (κ3) is 7.83. The number of carbonyl (C=O) groups excluding carboxylic acids is 2. The standard InChI is InChI=1S/C25H32Cl2N2O4/c1-5-28-25(31)17(4)29(16-19-10-11-20(26)15-21(19)27)24(30)13-9-18-8-12-22(32-6-2)23(14-18)33-7-3/h8,10-12,14-15,17H,5-7,9,13,16H2,1-4H3,(H,28,31)/t17-/m1/s1. The second kappa shape index (κ2) is 13.3. The van der Waals surface area contributed by atoms with Crippen LogP contribution in [0.5, 0.6) is 11.5 Å². The molecular formula is C25H32Cl2N2O4. The molecule has 1 N–H and O–H groups in total. The van der Waals surface area contributed by atoms with Gasteiger partial charge in [0.2, 0.25) is 11.8 Å². The van der Waals surface area contributed by atoms with E-state index in [0.717, 1.165) is 11.1 Å². The molecule has 0 fully saturated rings. The lowest BCUT2D eigenvalue weighted by Crippen LogP contribution is -2.47. The number of rotatable bonds is 12. The summed E-state index contributed by atoms with van der Waals surface area (Å²) in [6.07, 6.45) is 0.729. The first kappa shape index (κ1) is 26.8. The molecule has 0 aromatic heterocycles. The van der Waals surface area contributed by atoms with Crippen LogP contribution in [-0.4, -0.2) is 42.5 Å². The van der Waals surface area contributed by atoms with Crippen molar-refractivity contribution in [3.8, 4) is 11.5 Å². The summed E-state index contributed by atoms with van der Waals surface area (Å²) >= 11 is 12.3. The highest BCUT2D eigenvalue weighted by Crippen LogP contribution is 2.29. The number of nitrogens with one attached hydrogen (secondary N) is 1. The molecule has 2 rings (SSSR count). The maximum Gasteiger partial charge on any atom is 0.242 e. The molecule has 0 spiro atoms. The van der Waals surface area contributed by atoms with E-state index in [4.69, 9.17) is 32.7 Å². The van der Waals surface area contributed by atoms with Crippen molar-refractivity contribution in [2.75, 3.05) is 19.8 Å². The van der Waals surface area contributed by atoms with E-state index in [1.807, 2.05) is 39.0 Å². The Labute approximate surface area is 206 Å². The Kier molecular flexibility index (Phi) is 10.8. The quantitative estimate of drug-likeness (QED) is 0.435. The average Bonchev–Trinajstić information content (AvgIpc) is 2.78. The molecule has 1 atom stereocenters. The Morgan fingerprint density at radius 2 is 1.70 bits per heavy atom. The number of benzene rings is 2. The SMILES string of the molecule is CCNC(=O)[C@@H](C)N(Cc1ccc(Cl)cc1Cl)C(=O)CCc1ccc(OCC)c(OCC)c1. The number of likely N-dealkylation sites (N-methyl/N-ethyl adjacent to an activating group) is 1. The van der Waals surface area contributed by atoms with Crippen LogP contribution in [0.2, 0.25) is 10.0 Å². The zero-order valence-corrected chi connectivity index (χ0v) is 21.1. The van der Waals surface area contributed by atoms with Gasteiger partial charge in [-0.05, 0) is 69.5 Å². The van der Waals surface area contributed by atoms with Crippen LogP contribution in [0.25, 0.3) is 0 Å². The van der Waals surface area contributed by atoms with E-state index in [1.165, 1.54) is 0 Å². The lowest BCUT2D eigenvalue weighted by atomic mass is 10.1. The number of ether oxygens (including phenoxy) is 2. The van der Waals surface area contributed by atoms with Gasteiger partial charge in [-0.15, -0.1) is 0 Å². The van der Waals surface area contributed by atoms with Gasteiger partial charge in [0.05, 0.1) is 13.2 Å². The van der Waals surface area contributed by atoms with Gasteiger partial charge in [-0.1, -0.05) is 35.3 Å². The number of halogens is 2. The minimum atomic E-state index is -0.650. The molecule has 0 radical (unpaired) electrons. The molecule has 0 heterocycles. The molecular weight excluding hydrogens is 463 g/mol. The molecule has 33 heavy (non-hydrogen) atoms. The summed E-state index contributed by atoms with van der Waals surface area (Å²) in [5.74, 6) is 0.977. The molecule has 0 saturated heterocycles. The van der Waals surface area contributed by atoms with Crippen LogP contribution < -0.4 is 14.8 Å². The predicted molar refractivity (Wildman–Crippen MR) is 132 cm³/mol. The third-order valence-electron chi connectivity index (χ3n) is 5.11. The fourth-order valence-corrected chi connectivity index (χ4v) is 3.85. The smallest absolute Gasteiger partial charge is 0.242 e. The summed E-state index contributed by atoms with van der Waals surface area (Å²) in [6.45, 7) is 9.14. The highest BCUT2D eigenvalue weighted by atomic mass is 35.5. The van der Waals surface area contributed by atoms with Crippen molar-refractivity contribution in [2.24, 2.45) is 0 Å². The Morgan fingerprint density at radius 3 is 2.33 bits per heavy atom. The number of hydrogen-bond donors (Lipinski definition) is 1. The van der Waals surface area contributed by atoms with E-state index in [9.17, 15) is 9.59 Å². The van der Waals surface area contributed by atoms with Gasteiger partial charge in [0.15, 0.2) is 11.5 Å². The fourth-order valence-electron chi connectivity index (χ4n) is 3.38. The Hall–Kier alpha value is -2.44. The van der Waals surface area contributed by atoms with E-state index in [-0.39, 0.29) is 24.8 Å². The van der Waals surface area contributed by atoms with Crippen LogP contribution in [0.1, 0.15) is 45.2 Å². The molecule has 2 aromatic rings. The third-order valence-corrected chi connectivity index (χ3v) is 5.70. The van der Waals surface area contributed by atoms with Crippen molar-refractivity contribution in [3.63, 3.8) is 0 Å². The summed E-state index contributed by atoms with van der Waals surface area (Å²) in [4.78, 5) is 27.3. The average molecular weight is 495 g/mol. The maximum atomic E-state index is 13.3. The fraction of sp³-hybridized carbons (Fsp3) is 0.440. The first-order chi connectivity index (χ1) is 15.8. The molecule has 8 heteroatoms. The molecule has 180 valence electrons. The molecule has 6 nitrogen and oxygen atoms in total. The first-order valence-electron chi connectivity index (χ1n) is 11.2. The van der Waals surface area contributed by atoms with Gasteiger partial charge in [0, 0.05) is 29.6 Å². The van der Waals surface area contributed by atoms with Crippen LogP contribution in [0.15, 0.2) is 36.4 Å². The van der Waals surface area contributed by atoms with Gasteiger partial charge in [-0.25, -0.2) is 0 Å². The van der Waals surface area contributed by atoms with Crippen LogP contribution in [-0.2, 0) is 22.6 Å². The van der Waals surface area contributed by atoms with Crippen molar-refractivity contribution in [1.82, 2.24) is 10.2 Å². The van der Waals surface area contributed by atoms with Gasteiger partial charge < -0.3 is 19.7 Å². The summed E-state index contributed by atoms with van der Waals surface area (Å²) in [7, 11) is 0. The number of hydrogen-bond acceptors (Lipinski definition) is 4. The Morgan fingerprint density at radius 1 is 1.00 bits per heavy atom.